The molecule has 0 saturated carbocycles. The van der Waals surface area contributed by atoms with E-state index in [1.807, 2.05) is 50.8 Å². The van der Waals surface area contributed by atoms with Gasteiger partial charge >= 0.3 is 6.09 Å². The summed E-state index contributed by atoms with van der Waals surface area (Å²) in [6, 6.07) is 5.58. The topological polar surface area (TPSA) is 59.1 Å². The van der Waals surface area contributed by atoms with Crippen molar-refractivity contribution in [1.82, 2.24) is 9.80 Å². The van der Waals surface area contributed by atoms with E-state index in [1.165, 1.54) is 0 Å². The third-order valence-electron chi connectivity index (χ3n) is 4.48. The number of methoxy groups -OCH3 is 1. The van der Waals surface area contributed by atoms with E-state index in [2.05, 4.69) is 6.58 Å². The van der Waals surface area contributed by atoms with Crippen LogP contribution in [0.15, 0.2) is 24.8 Å². The molecule has 0 bridgehead atoms. The normalized spacial score (nSPS) is 17.4. The maximum Gasteiger partial charge on any atom is 0.410 e. The van der Waals surface area contributed by atoms with Crippen LogP contribution in [-0.4, -0.2) is 60.2 Å². The molecular weight excluding hydrogens is 344 g/mol. The minimum absolute atomic E-state index is 0.0471. The van der Waals surface area contributed by atoms with Gasteiger partial charge in [-0.1, -0.05) is 18.7 Å². The van der Waals surface area contributed by atoms with Crippen molar-refractivity contribution >= 4 is 18.1 Å². The highest BCUT2D eigenvalue weighted by molar-refractivity contribution is 5.80. The first kappa shape index (κ1) is 20.8. The maximum atomic E-state index is 12.7. The Morgan fingerprint density at radius 3 is 2.56 bits per heavy atom. The summed E-state index contributed by atoms with van der Waals surface area (Å²) in [4.78, 5) is 28.5. The number of benzene rings is 1. The second-order valence-electron chi connectivity index (χ2n) is 7.82. The van der Waals surface area contributed by atoms with Crippen LogP contribution < -0.4 is 4.74 Å². The molecular formula is C21H30N2O4. The third kappa shape index (κ3) is 5.49. The summed E-state index contributed by atoms with van der Waals surface area (Å²) in [5, 5.41) is 0. The van der Waals surface area contributed by atoms with Gasteiger partial charge in [0.1, 0.15) is 11.4 Å². The number of rotatable bonds is 4. The fourth-order valence-corrected chi connectivity index (χ4v) is 3.12. The van der Waals surface area contributed by atoms with Gasteiger partial charge in [0, 0.05) is 31.2 Å². The second kappa shape index (κ2) is 8.46. The van der Waals surface area contributed by atoms with E-state index < -0.39 is 5.60 Å². The molecule has 6 heteroatoms. The zero-order valence-corrected chi connectivity index (χ0v) is 16.9. The van der Waals surface area contributed by atoms with Gasteiger partial charge in [-0.25, -0.2) is 4.79 Å². The molecule has 0 N–H and O–H groups in total. The quantitative estimate of drug-likeness (QED) is 0.811. The van der Waals surface area contributed by atoms with Crippen LogP contribution in [0.5, 0.6) is 5.75 Å². The summed E-state index contributed by atoms with van der Waals surface area (Å²) in [5.41, 5.74) is 1.25. The Morgan fingerprint density at radius 2 is 2.00 bits per heavy atom. The Hall–Kier alpha value is -2.50. The first-order valence-corrected chi connectivity index (χ1v) is 9.21. The van der Waals surface area contributed by atoms with Gasteiger partial charge in [0.15, 0.2) is 0 Å². The van der Waals surface area contributed by atoms with Gasteiger partial charge in [0.2, 0.25) is 5.91 Å². The molecule has 1 heterocycles. The lowest BCUT2D eigenvalue weighted by Gasteiger charge is -2.40. The SMILES string of the molecule is C=Cc1cc(CC(=O)N2CCN(C(=O)OC(C)(C)C)C(C)C2)ccc1OC. The van der Waals surface area contributed by atoms with Gasteiger partial charge in [0.25, 0.3) is 0 Å². The van der Waals surface area contributed by atoms with Crippen molar-refractivity contribution in [2.24, 2.45) is 0 Å². The summed E-state index contributed by atoms with van der Waals surface area (Å²) >= 11 is 0. The van der Waals surface area contributed by atoms with Crippen molar-refractivity contribution in [3.63, 3.8) is 0 Å². The zero-order valence-electron chi connectivity index (χ0n) is 16.9. The van der Waals surface area contributed by atoms with Gasteiger partial charge in [-0.15, -0.1) is 0 Å². The smallest absolute Gasteiger partial charge is 0.410 e. The Morgan fingerprint density at radius 1 is 1.30 bits per heavy atom. The van der Waals surface area contributed by atoms with Crippen molar-refractivity contribution in [3.8, 4) is 5.75 Å². The van der Waals surface area contributed by atoms with E-state index >= 15 is 0 Å². The summed E-state index contributed by atoms with van der Waals surface area (Å²) in [5.74, 6) is 0.784. The number of carbonyl (C=O) groups is 2. The van der Waals surface area contributed by atoms with E-state index in [1.54, 1.807) is 18.1 Å². The van der Waals surface area contributed by atoms with Gasteiger partial charge in [0.05, 0.1) is 13.5 Å². The van der Waals surface area contributed by atoms with Crippen LogP contribution >= 0.6 is 0 Å². The number of hydrogen-bond acceptors (Lipinski definition) is 4. The molecule has 1 aromatic carbocycles. The van der Waals surface area contributed by atoms with Crippen LogP contribution in [0.4, 0.5) is 4.79 Å². The fourth-order valence-electron chi connectivity index (χ4n) is 3.12. The molecule has 1 aromatic rings. The lowest BCUT2D eigenvalue weighted by atomic mass is 10.1. The first-order valence-electron chi connectivity index (χ1n) is 9.21. The molecule has 0 aromatic heterocycles. The van der Waals surface area contributed by atoms with E-state index in [9.17, 15) is 9.59 Å². The molecule has 1 fully saturated rings. The number of ether oxygens (including phenoxy) is 2. The van der Waals surface area contributed by atoms with E-state index in [-0.39, 0.29) is 18.0 Å². The first-order chi connectivity index (χ1) is 12.6. The van der Waals surface area contributed by atoms with Crippen LogP contribution in [-0.2, 0) is 16.0 Å². The monoisotopic (exact) mass is 374 g/mol. The van der Waals surface area contributed by atoms with Crippen LogP contribution in [0.1, 0.15) is 38.8 Å². The standard InChI is InChI=1S/C21H30N2O4/c1-7-17-12-16(8-9-18(17)26-6)13-19(24)22-10-11-23(15(2)14-22)20(25)27-21(3,4)5/h7-9,12,15H,1,10-11,13-14H2,2-6H3. The highest BCUT2D eigenvalue weighted by atomic mass is 16.6. The van der Waals surface area contributed by atoms with Crippen LogP contribution in [0.25, 0.3) is 6.08 Å². The summed E-state index contributed by atoms with van der Waals surface area (Å²) < 4.78 is 10.7. The number of amides is 2. The molecule has 0 aliphatic carbocycles. The average molecular weight is 374 g/mol. The Kier molecular flexibility index (Phi) is 6.52. The predicted molar refractivity (Wildman–Crippen MR) is 106 cm³/mol. The third-order valence-corrected chi connectivity index (χ3v) is 4.48. The molecule has 6 nitrogen and oxygen atoms in total. The molecule has 1 saturated heterocycles. The fraction of sp³-hybridized carbons (Fsp3) is 0.524. The number of carbonyl (C=O) groups excluding carboxylic acids is 2. The Bertz CT molecular complexity index is 709. The highest BCUT2D eigenvalue weighted by Crippen LogP contribution is 2.22. The molecule has 1 aliphatic heterocycles. The number of hydrogen-bond donors (Lipinski definition) is 0. The maximum absolute atomic E-state index is 12.7. The van der Waals surface area contributed by atoms with E-state index in [0.717, 1.165) is 16.9 Å². The number of piperazine rings is 1. The van der Waals surface area contributed by atoms with Gasteiger partial charge in [-0.3, -0.25) is 4.79 Å². The predicted octanol–water partition coefficient (Wildman–Crippen LogP) is 3.35. The van der Waals surface area contributed by atoms with Gasteiger partial charge < -0.3 is 19.3 Å². The van der Waals surface area contributed by atoms with Crippen molar-refractivity contribution < 1.29 is 19.1 Å². The minimum atomic E-state index is -0.527. The van der Waals surface area contributed by atoms with Crippen molar-refractivity contribution in [1.29, 1.82) is 0 Å². The van der Waals surface area contributed by atoms with E-state index in [0.29, 0.717) is 26.1 Å². The highest BCUT2D eigenvalue weighted by Gasteiger charge is 2.32. The average Bonchev–Trinajstić information content (AvgIpc) is 2.59. The second-order valence-corrected chi connectivity index (χ2v) is 7.82. The lowest BCUT2D eigenvalue weighted by Crippen LogP contribution is -2.56. The molecule has 1 unspecified atom stereocenters. The van der Waals surface area contributed by atoms with Crippen molar-refractivity contribution in [3.05, 3.63) is 35.9 Å². The zero-order chi connectivity index (χ0) is 20.2. The minimum Gasteiger partial charge on any atom is -0.496 e. The van der Waals surface area contributed by atoms with Crippen molar-refractivity contribution in [2.75, 3.05) is 26.7 Å². The molecule has 1 aliphatic rings. The molecule has 27 heavy (non-hydrogen) atoms. The van der Waals surface area contributed by atoms with Gasteiger partial charge in [-0.2, -0.15) is 0 Å². The largest absolute Gasteiger partial charge is 0.496 e. The molecule has 148 valence electrons. The lowest BCUT2D eigenvalue weighted by molar-refractivity contribution is -0.133. The molecule has 1 atom stereocenters. The van der Waals surface area contributed by atoms with Crippen molar-refractivity contribution in [2.45, 2.75) is 45.8 Å². The summed E-state index contributed by atoms with van der Waals surface area (Å²) in [6.07, 6.45) is 1.70. The van der Waals surface area contributed by atoms with Crippen LogP contribution in [0.2, 0.25) is 0 Å². The van der Waals surface area contributed by atoms with Crippen LogP contribution in [0.3, 0.4) is 0 Å². The molecule has 0 spiro atoms. The van der Waals surface area contributed by atoms with Gasteiger partial charge in [-0.05, 0) is 45.4 Å². The summed E-state index contributed by atoms with van der Waals surface area (Å²) in [6.45, 7) is 12.8. The molecule has 2 rings (SSSR count). The Balaban J connectivity index is 1.98. The molecule has 2 amide bonds. The number of nitrogens with zero attached hydrogens (tertiary/aromatic N) is 2. The van der Waals surface area contributed by atoms with Crippen LogP contribution in [0, 0.1) is 0 Å². The van der Waals surface area contributed by atoms with E-state index in [4.69, 9.17) is 9.47 Å². The Labute approximate surface area is 161 Å². The molecule has 0 radical (unpaired) electrons. The summed E-state index contributed by atoms with van der Waals surface area (Å²) in [7, 11) is 1.61.